The molecule has 1 amide bonds. The molecule has 2 aromatic carbocycles. The summed E-state index contributed by atoms with van der Waals surface area (Å²) in [7, 11) is 0. The Kier molecular flexibility index (Phi) is 6.33. The predicted molar refractivity (Wildman–Crippen MR) is 116 cm³/mol. The van der Waals surface area contributed by atoms with Crippen molar-refractivity contribution in [2.75, 3.05) is 6.61 Å². The van der Waals surface area contributed by atoms with Crippen LogP contribution in [0.25, 0.3) is 10.2 Å². The third-order valence-corrected chi connectivity index (χ3v) is 6.00. The monoisotopic (exact) mass is 410 g/mol. The second-order valence-corrected chi connectivity index (χ2v) is 8.30. The first kappa shape index (κ1) is 21.0. The summed E-state index contributed by atoms with van der Waals surface area (Å²) < 4.78 is 7.90. The number of thiazole rings is 1. The smallest absolute Gasteiger partial charge is 0.326 e. The minimum Gasteiger partial charge on any atom is -0.465 e. The van der Waals surface area contributed by atoms with Crippen molar-refractivity contribution in [2.45, 2.75) is 47.6 Å². The quantitative estimate of drug-likeness (QED) is 0.593. The fraction of sp³-hybridized carbons (Fsp3) is 0.348. The molecule has 152 valence electrons. The maximum Gasteiger partial charge on any atom is 0.326 e. The second kappa shape index (κ2) is 8.74. The van der Waals surface area contributed by atoms with Crippen molar-refractivity contribution in [3.05, 3.63) is 63.0 Å². The molecule has 0 atom stereocenters. The minimum atomic E-state index is -0.339. The van der Waals surface area contributed by atoms with E-state index in [1.807, 2.05) is 52.0 Å². The van der Waals surface area contributed by atoms with Gasteiger partial charge in [0, 0.05) is 0 Å². The van der Waals surface area contributed by atoms with Crippen LogP contribution in [0, 0.1) is 27.7 Å². The Morgan fingerprint density at radius 2 is 1.76 bits per heavy atom. The molecular weight excluding hydrogens is 384 g/mol. The fourth-order valence-electron chi connectivity index (χ4n) is 3.20. The van der Waals surface area contributed by atoms with Crippen LogP contribution in [0.2, 0.25) is 0 Å². The number of hydrogen-bond donors (Lipinski definition) is 0. The summed E-state index contributed by atoms with van der Waals surface area (Å²) in [6.45, 7) is 10.2. The molecule has 6 heteroatoms. The first-order valence-corrected chi connectivity index (χ1v) is 10.5. The molecule has 0 aliphatic carbocycles. The molecule has 1 aromatic heterocycles. The molecule has 3 aromatic rings. The molecule has 29 heavy (non-hydrogen) atoms. The van der Waals surface area contributed by atoms with Crippen LogP contribution in [0.4, 0.5) is 0 Å². The third-order valence-electron chi connectivity index (χ3n) is 4.96. The number of amides is 1. The molecule has 0 unspecified atom stereocenters. The first-order chi connectivity index (χ1) is 13.8. The highest BCUT2D eigenvalue weighted by Gasteiger charge is 2.14. The molecule has 5 nitrogen and oxygen atoms in total. The Bertz CT molecular complexity index is 1150. The van der Waals surface area contributed by atoms with Crippen LogP contribution in [0.3, 0.4) is 0 Å². The summed E-state index contributed by atoms with van der Waals surface area (Å²) >= 11 is 1.42. The van der Waals surface area contributed by atoms with Gasteiger partial charge in [-0.3, -0.25) is 9.59 Å². The largest absolute Gasteiger partial charge is 0.465 e. The predicted octanol–water partition coefficient (Wildman–Crippen LogP) is 4.17. The van der Waals surface area contributed by atoms with Gasteiger partial charge in [0.25, 0.3) is 5.91 Å². The molecule has 0 spiro atoms. The maximum absolute atomic E-state index is 12.7. The van der Waals surface area contributed by atoms with Gasteiger partial charge in [-0.15, -0.1) is 0 Å². The average Bonchev–Trinajstić information content (AvgIpc) is 2.95. The summed E-state index contributed by atoms with van der Waals surface area (Å²) in [6.07, 6.45) is 0.235. The first-order valence-electron chi connectivity index (χ1n) is 9.68. The number of fused-ring (bicyclic) bond motifs is 1. The van der Waals surface area contributed by atoms with Crippen molar-refractivity contribution in [3.63, 3.8) is 0 Å². The van der Waals surface area contributed by atoms with Crippen molar-refractivity contribution in [3.8, 4) is 0 Å². The van der Waals surface area contributed by atoms with Gasteiger partial charge in [-0.05, 0) is 69.0 Å². The van der Waals surface area contributed by atoms with Gasteiger partial charge in [0.2, 0.25) is 0 Å². The van der Waals surface area contributed by atoms with E-state index in [2.05, 4.69) is 11.1 Å². The highest BCUT2D eigenvalue weighted by atomic mass is 32.1. The van der Waals surface area contributed by atoms with E-state index in [1.165, 1.54) is 11.3 Å². The molecule has 0 fully saturated rings. The number of benzene rings is 2. The highest BCUT2D eigenvalue weighted by Crippen LogP contribution is 2.22. The number of carbonyl (C=O) groups is 2. The highest BCUT2D eigenvalue weighted by molar-refractivity contribution is 7.16. The van der Waals surface area contributed by atoms with E-state index in [0.29, 0.717) is 11.4 Å². The van der Waals surface area contributed by atoms with Crippen LogP contribution < -0.4 is 4.80 Å². The fourth-order valence-corrected chi connectivity index (χ4v) is 4.32. The van der Waals surface area contributed by atoms with Crippen molar-refractivity contribution in [1.29, 1.82) is 0 Å². The molecule has 3 rings (SSSR count). The van der Waals surface area contributed by atoms with Gasteiger partial charge in [-0.2, -0.15) is 4.99 Å². The van der Waals surface area contributed by atoms with Crippen LogP contribution in [0.15, 0.2) is 35.3 Å². The van der Waals surface area contributed by atoms with Gasteiger partial charge >= 0.3 is 5.97 Å². The van der Waals surface area contributed by atoms with E-state index in [-0.39, 0.29) is 24.8 Å². The molecule has 1 heterocycles. The Labute approximate surface area is 174 Å². The summed E-state index contributed by atoms with van der Waals surface area (Å²) in [6, 6.07) is 10.2. The third kappa shape index (κ3) is 4.82. The van der Waals surface area contributed by atoms with Crippen molar-refractivity contribution >= 4 is 33.4 Å². The Hall–Kier alpha value is -2.73. The van der Waals surface area contributed by atoms with Gasteiger partial charge in [0.15, 0.2) is 4.80 Å². The molecule has 0 radical (unpaired) electrons. The second-order valence-electron chi connectivity index (χ2n) is 7.29. The molecule has 0 saturated heterocycles. The zero-order valence-electron chi connectivity index (χ0n) is 17.5. The SMILES string of the molecule is CCOC(=O)Cn1c(=NC(=O)Cc2cc(C)ccc2C)sc2cc(C)c(C)cc21. The summed E-state index contributed by atoms with van der Waals surface area (Å²) in [4.78, 5) is 29.8. The molecule has 0 N–H and O–H groups in total. The summed E-state index contributed by atoms with van der Waals surface area (Å²) in [5, 5.41) is 0. The summed E-state index contributed by atoms with van der Waals surface area (Å²) in [5.74, 6) is -0.565. The Balaban J connectivity index is 2.05. The number of carbonyl (C=O) groups excluding carboxylic acids is 2. The number of esters is 1. The van der Waals surface area contributed by atoms with Gasteiger partial charge < -0.3 is 9.30 Å². The zero-order valence-corrected chi connectivity index (χ0v) is 18.4. The lowest BCUT2D eigenvalue weighted by Gasteiger charge is -2.07. The maximum atomic E-state index is 12.7. The van der Waals surface area contributed by atoms with Crippen molar-refractivity contribution < 1.29 is 14.3 Å². The summed E-state index contributed by atoms with van der Waals surface area (Å²) in [5.41, 5.74) is 6.34. The van der Waals surface area contributed by atoms with E-state index < -0.39 is 0 Å². The van der Waals surface area contributed by atoms with E-state index in [1.54, 1.807) is 11.5 Å². The number of rotatable bonds is 5. The number of nitrogens with zero attached hydrogens (tertiary/aromatic N) is 2. The zero-order chi connectivity index (χ0) is 21.1. The number of aryl methyl sites for hydroxylation is 4. The molecule has 0 aliphatic rings. The topological polar surface area (TPSA) is 60.7 Å². The number of hydrogen-bond acceptors (Lipinski definition) is 4. The van der Waals surface area contributed by atoms with Gasteiger partial charge in [0.1, 0.15) is 6.54 Å². The van der Waals surface area contributed by atoms with Crippen molar-refractivity contribution in [2.24, 2.45) is 4.99 Å². The normalized spacial score (nSPS) is 11.8. The number of aromatic nitrogens is 1. The van der Waals surface area contributed by atoms with E-state index in [4.69, 9.17) is 4.74 Å². The van der Waals surface area contributed by atoms with Crippen LogP contribution in [0.1, 0.15) is 34.7 Å². The standard InChI is InChI=1S/C23H26N2O3S/c1-6-28-22(27)13-25-19-10-16(4)17(5)11-20(19)29-23(25)24-21(26)12-18-9-14(2)7-8-15(18)3/h7-11H,6,12-13H2,1-5H3. The molecular formula is C23H26N2O3S. The Morgan fingerprint density at radius 1 is 1.03 bits per heavy atom. The van der Waals surface area contributed by atoms with E-state index in [0.717, 1.165) is 38.0 Å². The van der Waals surface area contributed by atoms with Gasteiger partial charge in [0.05, 0.1) is 23.2 Å². The van der Waals surface area contributed by atoms with Crippen LogP contribution in [-0.4, -0.2) is 23.1 Å². The van der Waals surface area contributed by atoms with Gasteiger partial charge in [-0.1, -0.05) is 35.1 Å². The molecule has 0 bridgehead atoms. The van der Waals surface area contributed by atoms with Crippen molar-refractivity contribution in [1.82, 2.24) is 4.57 Å². The number of ether oxygens (including phenoxy) is 1. The minimum absolute atomic E-state index is 0.0337. The lowest BCUT2D eigenvalue weighted by Crippen LogP contribution is -2.23. The van der Waals surface area contributed by atoms with E-state index in [9.17, 15) is 9.59 Å². The van der Waals surface area contributed by atoms with Crippen LogP contribution >= 0.6 is 11.3 Å². The average molecular weight is 411 g/mol. The van der Waals surface area contributed by atoms with Crippen LogP contribution in [0.5, 0.6) is 0 Å². The van der Waals surface area contributed by atoms with Gasteiger partial charge in [-0.25, -0.2) is 0 Å². The molecule has 0 saturated carbocycles. The Morgan fingerprint density at radius 3 is 2.48 bits per heavy atom. The lowest BCUT2D eigenvalue weighted by atomic mass is 10.0. The lowest BCUT2D eigenvalue weighted by molar-refractivity contribution is -0.143. The van der Waals surface area contributed by atoms with Crippen LogP contribution in [-0.2, 0) is 27.3 Å². The van der Waals surface area contributed by atoms with E-state index >= 15 is 0 Å². The molecule has 0 aliphatic heterocycles.